The van der Waals surface area contributed by atoms with Crippen LogP contribution in [0.1, 0.15) is 13.7 Å². The van der Waals surface area contributed by atoms with Gasteiger partial charge in [-0.25, -0.2) is 0 Å². The molecule has 0 atom stereocenters. The molecule has 4 aromatic heterocycles. The second-order valence-corrected chi connectivity index (χ2v) is 17.8. The fourth-order valence-corrected chi connectivity index (χ4v) is 11.1. The lowest BCUT2D eigenvalue weighted by molar-refractivity contribution is 1.28. The number of hydrogen-bond donors (Lipinski definition) is 0. The number of anilines is 6. The van der Waals surface area contributed by atoms with Crippen molar-refractivity contribution in [2.75, 3.05) is 9.80 Å². The number of rotatable bonds is 8. The third-order valence-corrected chi connectivity index (χ3v) is 14.1. The molecule has 326 valence electrons. The maximum absolute atomic E-state index is 9.26. The van der Waals surface area contributed by atoms with Gasteiger partial charge in [0.05, 0.1) is 46.8 Å². The summed E-state index contributed by atoms with van der Waals surface area (Å²) in [4.78, 5) is 3.56. The summed E-state index contributed by atoms with van der Waals surface area (Å²) in [6.45, 7) is 0. The topological polar surface area (TPSA) is 15.3 Å². The van der Waals surface area contributed by atoms with Gasteiger partial charge in [0.25, 0.3) is 0 Å². The van der Waals surface area contributed by atoms with Gasteiger partial charge in [-0.3, -0.25) is 0 Å². The summed E-state index contributed by atoms with van der Waals surface area (Å²) >= 11 is 0. The Balaban J connectivity index is 0.972. The average molecular weight is 901 g/mol. The molecule has 4 nitrogen and oxygen atoms in total. The second kappa shape index (κ2) is 15.1. The van der Waals surface area contributed by atoms with Crippen molar-refractivity contribution < 1.29 is 13.7 Å². The molecule has 0 amide bonds. The summed E-state index contributed by atoms with van der Waals surface area (Å²) in [5.41, 5.74) is 12.1. The monoisotopic (exact) mass is 900 g/mol. The average Bonchev–Trinajstić information content (AvgIpc) is 4.18. The maximum atomic E-state index is 9.26. The van der Waals surface area contributed by atoms with Gasteiger partial charge in [-0.1, -0.05) is 170 Å². The number of para-hydroxylation sites is 4. The van der Waals surface area contributed by atoms with Crippen molar-refractivity contribution in [3.8, 4) is 22.3 Å². The van der Waals surface area contributed by atoms with E-state index < -0.39 is 36.3 Å². The predicted molar refractivity (Wildman–Crippen MR) is 296 cm³/mol. The first-order valence-corrected chi connectivity index (χ1v) is 23.3. The number of benzene rings is 11. The number of aromatic nitrogens is 2. The van der Waals surface area contributed by atoms with Gasteiger partial charge in [0.2, 0.25) is 0 Å². The van der Waals surface area contributed by atoms with E-state index in [9.17, 15) is 5.48 Å². The van der Waals surface area contributed by atoms with Crippen LogP contribution in [-0.2, 0) is 0 Å². The van der Waals surface area contributed by atoms with Gasteiger partial charge in [-0.15, -0.1) is 0 Å². The highest BCUT2D eigenvalue weighted by molar-refractivity contribution is 6.29. The molecule has 0 aliphatic rings. The molecule has 4 heteroatoms. The highest BCUT2D eigenvalue weighted by atomic mass is 15.1. The molecule has 0 saturated heterocycles. The van der Waals surface area contributed by atoms with Gasteiger partial charge in [-0.2, -0.15) is 0 Å². The summed E-state index contributed by atoms with van der Waals surface area (Å²) in [5, 5.41) is 8.23. The van der Waals surface area contributed by atoms with Crippen molar-refractivity contribution in [3.63, 3.8) is 0 Å². The minimum absolute atomic E-state index is 0.0412. The van der Waals surface area contributed by atoms with E-state index in [1.165, 1.54) is 0 Å². The highest BCUT2D eigenvalue weighted by Crippen LogP contribution is 2.47. The SMILES string of the molecule is [2H]c1c([2H])c([2H])c(N(c2cccc(-c3ccccc3)c2)c2ccc3c4cccc5c6cc7c(cc6n(c3c2)c45)c2cccc3c4ccc(N(c5cccc(-c6ccccc6)c5)c5c([2H])c([2H])c([2H])c([2H])c5[2H])cc4n7c32)c([2H])c1[2H]. The van der Waals surface area contributed by atoms with Crippen LogP contribution < -0.4 is 9.80 Å². The van der Waals surface area contributed by atoms with Gasteiger partial charge in [0.1, 0.15) is 0 Å². The number of hydrogen-bond acceptors (Lipinski definition) is 2. The molecule has 0 unspecified atom stereocenters. The van der Waals surface area contributed by atoms with Crippen molar-refractivity contribution in [1.82, 2.24) is 8.80 Å². The molecule has 4 heterocycles. The normalized spacial score (nSPS) is 14.0. The lowest BCUT2D eigenvalue weighted by atomic mass is 10.0. The second-order valence-electron chi connectivity index (χ2n) is 17.8. The molecule has 0 N–H and O–H groups in total. The van der Waals surface area contributed by atoms with Crippen LogP contribution in [-0.4, -0.2) is 8.80 Å². The zero-order chi connectivity index (χ0) is 54.6. The highest BCUT2D eigenvalue weighted by Gasteiger charge is 2.24. The van der Waals surface area contributed by atoms with Gasteiger partial charge in [0, 0.05) is 77.2 Å². The van der Waals surface area contributed by atoms with Crippen LogP contribution in [0.2, 0.25) is 0 Å². The zero-order valence-corrected chi connectivity index (χ0v) is 37.3. The first-order chi connectivity index (χ1) is 38.9. The van der Waals surface area contributed by atoms with Crippen molar-refractivity contribution in [2.45, 2.75) is 0 Å². The van der Waals surface area contributed by atoms with E-state index in [4.69, 9.17) is 8.22 Å². The molecular weight excluding hydrogens is 849 g/mol. The minimum Gasteiger partial charge on any atom is -0.310 e. The lowest BCUT2D eigenvalue weighted by Gasteiger charge is -2.26. The molecular formula is C66H42N4. The Labute approximate surface area is 418 Å². The van der Waals surface area contributed by atoms with Gasteiger partial charge in [0.15, 0.2) is 0 Å². The Hall–Kier alpha value is -9.38. The third kappa shape index (κ3) is 5.71. The fraction of sp³-hybridized carbons (Fsp3) is 0. The van der Waals surface area contributed by atoms with Gasteiger partial charge >= 0.3 is 0 Å². The molecule has 15 aromatic rings. The quantitative estimate of drug-likeness (QED) is 0.151. The molecule has 0 aliphatic heterocycles. The fourth-order valence-electron chi connectivity index (χ4n) is 11.1. The third-order valence-electron chi connectivity index (χ3n) is 14.1. The first-order valence-electron chi connectivity index (χ1n) is 28.3. The van der Waals surface area contributed by atoms with E-state index in [2.05, 4.69) is 81.6 Å². The Kier molecular flexibility index (Phi) is 6.48. The molecule has 0 saturated carbocycles. The molecule has 0 fully saturated rings. The summed E-state index contributed by atoms with van der Waals surface area (Å²) in [6.07, 6.45) is 0. The molecule has 0 aliphatic carbocycles. The Bertz CT molecular complexity index is 4720. The lowest BCUT2D eigenvalue weighted by Crippen LogP contribution is -2.10. The molecule has 11 aromatic carbocycles. The van der Waals surface area contributed by atoms with Crippen LogP contribution in [0, 0.1) is 0 Å². The zero-order valence-electron chi connectivity index (χ0n) is 47.3. The first kappa shape index (κ1) is 30.1. The van der Waals surface area contributed by atoms with E-state index in [1.54, 1.807) is 9.80 Å². The van der Waals surface area contributed by atoms with Crippen molar-refractivity contribution in [1.29, 1.82) is 0 Å². The van der Waals surface area contributed by atoms with Crippen molar-refractivity contribution >= 4 is 110 Å². The summed E-state index contributed by atoms with van der Waals surface area (Å²) in [7, 11) is 0. The number of nitrogens with zero attached hydrogens (tertiary/aromatic N) is 4. The predicted octanol–water partition coefficient (Wildman–Crippen LogP) is 18.3. The standard InChI is InChI=1S/C66H42N4/c1-5-17-43(18-6-1)45-21-13-27-49(37-45)67(47-23-9-3-10-24-47)51-33-35-53-55-29-15-31-57-59-42-64-60(41-63(59)69(65(55)57)61(53)39-51)58-32-16-30-56-54-36-34-52(40-62(54)70(64)66(56)58)68(48-25-11-4-12-26-48)50-28-14-22-46(38-50)44-19-7-2-8-20-44/h1-42H/i3D,4D,9D,10D,11D,12D,23D,24D,25D,26D. The van der Waals surface area contributed by atoms with Crippen LogP contribution in [0.3, 0.4) is 0 Å². The summed E-state index contributed by atoms with van der Waals surface area (Å²) < 4.78 is 93.7. The van der Waals surface area contributed by atoms with Gasteiger partial charge in [-0.05, 0) is 107 Å². The van der Waals surface area contributed by atoms with Crippen LogP contribution in [0.5, 0.6) is 0 Å². The van der Waals surface area contributed by atoms with E-state index in [0.717, 1.165) is 98.4 Å². The maximum Gasteiger partial charge on any atom is 0.0645 e. The van der Waals surface area contributed by atoms with E-state index in [1.807, 2.05) is 121 Å². The summed E-state index contributed by atoms with van der Waals surface area (Å²) in [6, 6.07) is 61.1. The summed E-state index contributed by atoms with van der Waals surface area (Å²) in [5.74, 6) is 0. The van der Waals surface area contributed by atoms with E-state index in [-0.39, 0.29) is 35.5 Å². The van der Waals surface area contributed by atoms with Crippen LogP contribution in [0.15, 0.2) is 255 Å². The largest absolute Gasteiger partial charge is 0.310 e. The smallest absolute Gasteiger partial charge is 0.0645 e. The van der Waals surface area contributed by atoms with Crippen molar-refractivity contribution in [3.05, 3.63) is 255 Å². The Morgan fingerprint density at radius 1 is 0.257 bits per heavy atom. The molecule has 15 rings (SSSR count). The molecule has 70 heavy (non-hydrogen) atoms. The van der Waals surface area contributed by atoms with E-state index >= 15 is 0 Å². The van der Waals surface area contributed by atoms with Crippen molar-refractivity contribution in [2.24, 2.45) is 0 Å². The molecule has 0 spiro atoms. The van der Waals surface area contributed by atoms with Crippen LogP contribution >= 0.6 is 0 Å². The van der Waals surface area contributed by atoms with Crippen LogP contribution in [0.25, 0.3) is 98.4 Å². The Morgan fingerprint density at radius 3 is 1.04 bits per heavy atom. The number of fused-ring (bicyclic) bond motifs is 12. The minimum atomic E-state index is -0.462. The molecule has 0 bridgehead atoms. The van der Waals surface area contributed by atoms with Gasteiger partial charge < -0.3 is 18.6 Å². The molecule has 0 radical (unpaired) electrons. The Morgan fingerprint density at radius 2 is 0.614 bits per heavy atom. The van der Waals surface area contributed by atoms with E-state index in [0.29, 0.717) is 22.7 Å². The van der Waals surface area contributed by atoms with Crippen LogP contribution in [0.4, 0.5) is 34.1 Å².